The molecule has 144 valence electrons. The van der Waals surface area contributed by atoms with Crippen molar-refractivity contribution in [2.24, 2.45) is 0 Å². The Morgan fingerprint density at radius 2 is 1.72 bits per heavy atom. The molecule has 7 heteroatoms. The number of halogens is 1. The van der Waals surface area contributed by atoms with Crippen molar-refractivity contribution in [2.45, 2.75) is 6.42 Å². The lowest BCUT2D eigenvalue weighted by Crippen LogP contribution is -2.18. The second-order valence-electron chi connectivity index (χ2n) is 6.33. The lowest BCUT2D eigenvalue weighted by atomic mass is 10.1. The largest absolute Gasteiger partial charge is 0.455 e. The van der Waals surface area contributed by atoms with E-state index in [1.807, 2.05) is 30.3 Å². The minimum Gasteiger partial charge on any atom is -0.455 e. The number of aromatic nitrogens is 2. The normalized spacial score (nSPS) is 10.7. The highest BCUT2D eigenvalue weighted by molar-refractivity contribution is 6.31. The van der Waals surface area contributed by atoms with Crippen molar-refractivity contribution < 1.29 is 9.53 Å². The van der Waals surface area contributed by atoms with Gasteiger partial charge in [-0.3, -0.25) is 9.59 Å². The van der Waals surface area contributed by atoms with Gasteiger partial charge in [-0.25, -0.2) is 5.10 Å². The molecule has 0 aliphatic carbocycles. The molecule has 4 rings (SSSR count). The third-order valence-electron chi connectivity index (χ3n) is 4.29. The van der Waals surface area contributed by atoms with Crippen LogP contribution in [0.5, 0.6) is 11.5 Å². The van der Waals surface area contributed by atoms with Crippen molar-refractivity contribution in [3.63, 3.8) is 0 Å². The molecule has 0 fully saturated rings. The van der Waals surface area contributed by atoms with Gasteiger partial charge in [0.05, 0.1) is 23.2 Å². The summed E-state index contributed by atoms with van der Waals surface area (Å²) in [6, 6.07) is 21.3. The summed E-state index contributed by atoms with van der Waals surface area (Å²) in [5, 5.41) is 10.9. The number of hydrogen-bond acceptors (Lipinski definition) is 4. The zero-order chi connectivity index (χ0) is 20.2. The SMILES string of the molecule is O=C(Cc1n[nH]c(=O)c2ccccc12)Nc1cc(Cl)ccc1Oc1ccccc1. The van der Waals surface area contributed by atoms with E-state index in [0.29, 0.717) is 38.7 Å². The third-order valence-corrected chi connectivity index (χ3v) is 4.52. The van der Waals surface area contributed by atoms with Crippen molar-refractivity contribution in [3.8, 4) is 11.5 Å². The average Bonchev–Trinajstić information content (AvgIpc) is 2.73. The van der Waals surface area contributed by atoms with Gasteiger partial charge in [0.2, 0.25) is 5.91 Å². The number of hydrogen-bond donors (Lipinski definition) is 2. The van der Waals surface area contributed by atoms with Gasteiger partial charge >= 0.3 is 0 Å². The molecule has 0 radical (unpaired) electrons. The molecule has 0 atom stereocenters. The molecule has 3 aromatic carbocycles. The molecule has 0 aliphatic heterocycles. The van der Waals surface area contributed by atoms with Crippen molar-refractivity contribution >= 4 is 34.0 Å². The number of aromatic amines is 1. The Morgan fingerprint density at radius 3 is 2.52 bits per heavy atom. The van der Waals surface area contributed by atoms with Gasteiger partial charge in [0.15, 0.2) is 5.75 Å². The molecule has 0 bridgehead atoms. The number of ether oxygens (including phenoxy) is 1. The van der Waals surface area contributed by atoms with E-state index in [-0.39, 0.29) is 17.9 Å². The van der Waals surface area contributed by atoms with Crippen molar-refractivity contribution in [2.75, 3.05) is 5.32 Å². The van der Waals surface area contributed by atoms with Crippen molar-refractivity contribution in [1.82, 2.24) is 10.2 Å². The number of nitrogens with zero attached hydrogens (tertiary/aromatic N) is 1. The maximum atomic E-state index is 12.7. The van der Waals surface area contributed by atoms with Crippen LogP contribution in [-0.2, 0) is 11.2 Å². The highest BCUT2D eigenvalue weighted by Crippen LogP contribution is 2.32. The molecule has 0 saturated heterocycles. The fourth-order valence-corrected chi connectivity index (χ4v) is 3.13. The van der Waals surface area contributed by atoms with Crippen LogP contribution >= 0.6 is 11.6 Å². The molecule has 0 aliphatic rings. The molecule has 4 aromatic rings. The number of amides is 1. The molecule has 1 aromatic heterocycles. The zero-order valence-corrected chi connectivity index (χ0v) is 15.9. The molecule has 0 saturated carbocycles. The average molecular weight is 406 g/mol. The summed E-state index contributed by atoms with van der Waals surface area (Å²) in [6.45, 7) is 0. The van der Waals surface area contributed by atoms with E-state index in [9.17, 15) is 9.59 Å². The Hall–Kier alpha value is -3.64. The van der Waals surface area contributed by atoms with Gasteiger partial charge in [0.1, 0.15) is 5.75 Å². The van der Waals surface area contributed by atoms with E-state index in [2.05, 4.69) is 15.5 Å². The fourth-order valence-electron chi connectivity index (χ4n) is 2.96. The first kappa shape index (κ1) is 18.7. The smallest absolute Gasteiger partial charge is 0.272 e. The minimum atomic E-state index is -0.310. The van der Waals surface area contributed by atoms with Crippen LogP contribution < -0.4 is 15.6 Å². The first-order chi connectivity index (χ1) is 14.1. The maximum absolute atomic E-state index is 12.7. The molecule has 2 N–H and O–H groups in total. The van der Waals surface area contributed by atoms with Crippen molar-refractivity contribution in [1.29, 1.82) is 0 Å². The molecule has 6 nitrogen and oxygen atoms in total. The van der Waals surface area contributed by atoms with Crippen LogP contribution in [-0.4, -0.2) is 16.1 Å². The predicted octanol–water partition coefficient (Wildman–Crippen LogP) is 4.55. The first-order valence-corrected chi connectivity index (χ1v) is 9.26. The van der Waals surface area contributed by atoms with Crippen LogP contribution in [0.3, 0.4) is 0 Å². The molecule has 29 heavy (non-hydrogen) atoms. The lowest BCUT2D eigenvalue weighted by Gasteiger charge is -2.13. The standard InChI is InChI=1S/C22H16ClN3O3/c23-14-10-11-20(29-15-6-2-1-3-7-15)19(12-14)24-21(27)13-18-16-8-4-5-9-17(16)22(28)26-25-18/h1-12H,13H2,(H,24,27)(H,26,28). The van der Waals surface area contributed by atoms with Gasteiger partial charge in [0.25, 0.3) is 5.56 Å². The second kappa shape index (κ2) is 8.16. The molecular formula is C22H16ClN3O3. The number of para-hydroxylation sites is 1. The van der Waals surface area contributed by atoms with Gasteiger partial charge < -0.3 is 10.1 Å². The number of fused-ring (bicyclic) bond motifs is 1. The van der Waals surface area contributed by atoms with Gasteiger partial charge in [-0.1, -0.05) is 48.0 Å². The number of carbonyl (C=O) groups excluding carboxylic acids is 1. The van der Waals surface area contributed by atoms with Gasteiger partial charge in [-0.2, -0.15) is 5.10 Å². The topological polar surface area (TPSA) is 84.1 Å². The fraction of sp³-hybridized carbons (Fsp3) is 0.0455. The van der Waals surface area contributed by atoms with E-state index in [0.717, 1.165) is 0 Å². The molecule has 0 unspecified atom stereocenters. The van der Waals surface area contributed by atoms with Crippen LogP contribution in [0.2, 0.25) is 5.02 Å². The summed E-state index contributed by atoms with van der Waals surface area (Å²) >= 11 is 6.10. The zero-order valence-electron chi connectivity index (χ0n) is 15.2. The first-order valence-electron chi connectivity index (χ1n) is 8.89. The summed E-state index contributed by atoms with van der Waals surface area (Å²) in [6.07, 6.45) is -0.0193. The van der Waals surface area contributed by atoms with E-state index in [4.69, 9.17) is 16.3 Å². The van der Waals surface area contributed by atoms with Crippen LogP contribution in [0, 0.1) is 0 Å². The number of carbonyl (C=O) groups is 1. The summed E-state index contributed by atoms with van der Waals surface area (Å²) in [7, 11) is 0. The third kappa shape index (κ3) is 4.28. The summed E-state index contributed by atoms with van der Waals surface area (Å²) < 4.78 is 5.87. The number of anilines is 1. The number of benzene rings is 3. The van der Waals surface area contributed by atoms with Crippen LogP contribution in [0.25, 0.3) is 10.8 Å². The Kier molecular flexibility index (Phi) is 5.27. The van der Waals surface area contributed by atoms with Crippen LogP contribution in [0.4, 0.5) is 5.69 Å². The van der Waals surface area contributed by atoms with Crippen LogP contribution in [0.15, 0.2) is 77.6 Å². The number of rotatable bonds is 5. The molecule has 1 amide bonds. The monoisotopic (exact) mass is 405 g/mol. The lowest BCUT2D eigenvalue weighted by molar-refractivity contribution is -0.115. The summed E-state index contributed by atoms with van der Waals surface area (Å²) in [4.78, 5) is 24.6. The van der Waals surface area contributed by atoms with Gasteiger partial charge in [0, 0.05) is 10.4 Å². The Morgan fingerprint density at radius 1 is 1.00 bits per heavy atom. The number of H-pyrrole nitrogens is 1. The Bertz CT molecular complexity index is 1240. The van der Waals surface area contributed by atoms with Crippen molar-refractivity contribution in [3.05, 3.63) is 93.9 Å². The van der Waals surface area contributed by atoms with Gasteiger partial charge in [-0.05, 0) is 36.4 Å². The maximum Gasteiger partial charge on any atom is 0.272 e. The Labute approximate surface area is 171 Å². The highest BCUT2D eigenvalue weighted by atomic mass is 35.5. The quantitative estimate of drug-likeness (QED) is 0.510. The van der Waals surface area contributed by atoms with E-state index in [1.165, 1.54) is 0 Å². The second-order valence-corrected chi connectivity index (χ2v) is 6.76. The molecule has 1 heterocycles. The minimum absolute atomic E-state index is 0.0193. The highest BCUT2D eigenvalue weighted by Gasteiger charge is 2.14. The Balaban J connectivity index is 1.58. The molecule has 0 spiro atoms. The summed E-state index contributed by atoms with van der Waals surface area (Å²) in [5.74, 6) is 0.793. The predicted molar refractivity (Wildman–Crippen MR) is 113 cm³/mol. The summed E-state index contributed by atoms with van der Waals surface area (Å²) in [5.41, 5.74) is 0.628. The van der Waals surface area contributed by atoms with E-state index < -0.39 is 0 Å². The van der Waals surface area contributed by atoms with Crippen LogP contribution in [0.1, 0.15) is 5.69 Å². The van der Waals surface area contributed by atoms with Gasteiger partial charge in [-0.15, -0.1) is 0 Å². The molecular weight excluding hydrogens is 390 g/mol. The van der Waals surface area contributed by atoms with E-state index in [1.54, 1.807) is 42.5 Å². The van der Waals surface area contributed by atoms with E-state index >= 15 is 0 Å². The number of nitrogens with one attached hydrogen (secondary N) is 2.